The second-order valence-electron chi connectivity index (χ2n) is 8.53. The van der Waals surface area contributed by atoms with Gasteiger partial charge in [0.15, 0.2) is 5.78 Å². The van der Waals surface area contributed by atoms with E-state index in [0.717, 1.165) is 11.1 Å². The molecule has 32 heavy (non-hydrogen) atoms. The molecule has 0 aliphatic carbocycles. The molecule has 0 saturated carbocycles. The normalized spacial score (nSPS) is 14.9. The van der Waals surface area contributed by atoms with E-state index in [9.17, 15) is 20.1 Å². The maximum absolute atomic E-state index is 13.0. The molecule has 0 spiro atoms. The zero-order chi connectivity index (χ0) is 23.6. The fourth-order valence-corrected chi connectivity index (χ4v) is 3.75. The Kier molecular flexibility index (Phi) is 6.82. The van der Waals surface area contributed by atoms with Crippen LogP contribution in [-0.2, 0) is 12.8 Å². The smallest absolute Gasteiger partial charge is 0.174 e. The maximum Gasteiger partial charge on any atom is 0.174 e. The van der Waals surface area contributed by atoms with Crippen molar-refractivity contribution < 1.29 is 29.6 Å². The van der Waals surface area contributed by atoms with E-state index in [-0.39, 0.29) is 40.8 Å². The lowest BCUT2D eigenvalue weighted by Gasteiger charge is -2.29. The first kappa shape index (κ1) is 23.3. The number of phenols is 3. The number of hydrogen-bond donors (Lipinski definition) is 3. The van der Waals surface area contributed by atoms with Crippen LogP contribution >= 0.6 is 0 Å². The van der Waals surface area contributed by atoms with Crippen LogP contribution in [0.5, 0.6) is 28.7 Å². The van der Waals surface area contributed by atoms with Gasteiger partial charge in [0, 0.05) is 23.3 Å². The molecule has 0 fully saturated rings. The van der Waals surface area contributed by atoms with E-state index in [2.05, 4.69) is 0 Å². The summed E-state index contributed by atoms with van der Waals surface area (Å²) in [5.41, 5.74) is 4.01. The van der Waals surface area contributed by atoms with Crippen molar-refractivity contribution >= 4 is 5.78 Å². The quantitative estimate of drug-likeness (QED) is 0.513. The third-order valence-electron chi connectivity index (χ3n) is 5.47. The van der Waals surface area contributed by atoms with Crippen molar-refractivity contribution in [3.05, 3.63) is 63.8 Å². The number of rotatable bonds is 6. The van der Waals surface area contributed by atoms with Gasteiger partial charge in [0.1, 0.15) is 40.4 Å². The second kappa shape index (κ2) is 9.39. The largest absolute Gasteiger partial charge is 0.508 e. The number of Topliss-reactive ketones (excluding diaryl/α,β-unsaturated/α-hetero) is 1. The molecular formula is C26H30O6. The van der Waals surface area contributed by atoms with E-state index in [4.69, 9.17) is 9.47 Å². The molecule has 1 heterocycles. The van der Waals surface area contributed by atoms with Gasteiger partial charge in [-0.2, -0.15) is 0 Å². The molecule has 1 aliphatic heterocycles. The average molecular weight is 439 g/mol. The van der Waals surface area contributed by atoms with Gasteiger partial charge in [0.2, 0.25) is 0 Å². The van der Waals surface area contributed by atoms with E-state index >= 15 is 0 Å². The number of hydrogen-bond acceptors (Lipinski definition) is 6. The maximum atomic E-state index is 13.0. The third-order valence-corrected chi connectivity index (χ3v) is 5.47. The fourth-order valence-electron chi connectivity index (χ4n) is 3.75. The molecule has 170 valence electrons. The van der Waals surface area contributed by atoms with Crippen LogP contribution in [0.25, 0.3) is 0 Å². The molecule has 2 aromatic rings. The molecule has 1 aliphatic rings. The Bertz CT molecular complexity index is 1100. The van der Waals surface area contributed by atoms with Gasteiger partial charge in [-0.25, -0.2) is 0 Å². The number of carbonyl (C=O) groups is 1. The van der Waals surface area contributed by atoms with Crippen molar-refractivity contribution in [2.24, 2.45) is 0 Å². The number of allylic oxidation sites excluding steroid dienone is 4. The first-order chi connectivity index (χ1) is 15.1. The lowest BCUT2D eigenvalue weighted by atomic mass is 9.91. The Labute approximate surface area is 188 Å². The highest BCUT2D eigenvalue weighted by atomic mass is 16.5. The number of carbonyl (C=O) groups excluding carboxylic acids is 1. The molecule has 2 aromatic carbocycles. The lowest BCUT2D eigenvalue weighted by Crippen LogP contribution is -2.22. The van der Waals surface area contributed by atoms with Crippen LogP contribution in [-0.4, -0.2) is 28.2 Å². The van der Waals surface area contributed by atoms with E-state index < -0.39 is 6.10 Å². The summed E-state index contributed by atoms with van der Waals surface area (Å²) in [6.07, 6.45) is 4.09. The molecule has 0 aromatic heterocycles. The molecular weight excluding hydrogens is 408 g/mol. The first-order valence-corrected chi connectivity index (χ1v) is 10.6. The minimum atomic E-state index is -0.766. The highest BCUT2D eigenvalue weighted by molar-refractivity contribution is 6.03. The lowest BCUT2D eigenvalue weighted by molar-refractivity contribution is 0.0839. The minimum Gasteiger partial charge on any atom is -0.508 e. The van der Waals surface area contributed by atoms with Gasteiger partial charge >= 0.3 is 0 Å². The van der Waals surface area contributed by atoms with Crippen LogP contribution in [0.15, 0.2) is 41.5 Å². The van der Waals surface area contributed by atoms with E-state index in [1.807, 2.05) is 39.8 Å². The van der Waals surface area contributed by atoms with Crippen molar-refractivity contribution in [2.75, 3.05) is 7.11 Å². The SMILES string of the molecule is COc1cc(O)c2c(c1CC=C(C)C)O[C@@H](c1cc(CC=C(C)C)c(O)cc1O)CC2=O. The second-order valence-corrected chi connectivity index (χ2v) is 8.53. The Hall–Kier alpha value is -3.41. The number of phenolic OH excluding ortho intramolecular Hbond substituents is 3. The molecule has 0 radical (unpaired) electrons. The predicted octanol–water partition coefficient (Wildman–Crippen LogP) is 5.54. The van der Waals surface area contributed by atoms with Crippen molar-refractivity contribution in [1.29, 1.82) is 0 Å². The van der Waals surface area contributed by atoms with Crippen LogP contribution in [0.4, 0.5) is 0 Å². The summed E-state index contributed by atoms with van der Waals surface area (Å²) >= 11 is 0. The van der Waals surface area contributed by atoms with Gasteiger partial charge in [-0.05, 0) is 52.2 Å². The topological polar surface area (TPSA) is 96.2 Å². The number of ether oxygens (including phenoxy) is 2. The molecule has 6 heteroatoms. The summed E-state index contributed by atoms with van der Waals surface area (Å²) in [4.78, 5) is 13.0. The van der Waals surface area contributed by atoms with Gasteiger partial charge < -0.3 is 24.8 Å². The van der Waals surface area contributed by atoms with E-state index in [0.29, 0.717) is 35.3 Å². The van der Waals surface area contributed by atoms with Crippen LogP contribution in [0.2, 0.25) is 0 Å². The van der Waals surface area contributed by atoms with Crippen LogP contribution in [0.1, 0.15) is 67.3 Å². The molecule has 0 unspecified atom stereocenters. The number of benzene rings is 2. The Morgan fingerprint density at radius 1 is 1.00 bits per heavy atom. The van der Waals surface area contributed by atoms with Gasteiger partial charge in [-0.3, -0.25) is 4.79 Å². The van der Waals surface area contributed by atoms with Gasteiger partial charge in [-0.15, -0.1) is 0 Å². The number of methoxy groups -OCH3 is 1. The van der Waals surface area contributed by atoms with Crippen molar-refractivity contribution in [1.82, 2.24) is 0 Å². The first-order valence-electron chi connectivity index (χ1n) is 10.6. The molecule has 0 bridgehead atoms. The third kappa shape index (κ3) is 4.74. The van der Waals surface area contributed by atoms with Gasteiger partial charge in [-0.1, -0.05) is 23.3 Å². The predicted molar refractivity (Wildman–Crippen MR) is 123 cm³/mol. The molecule has 3 rings (SSSR count). The molecule has 3 N–H and O–H groups in total. The minimum absolute atomic E-state index is 0.0187. The summed E-state index contributed by atoms with van der Waals surface area (Å²) in [5.74, 6) is 0.0383. The van der Waals surface area contributed by atoms with Crippen molar-refractivity contribution in [3.63, 3.8) is 0 Å². The Morgan fingerprint density at radius 3 is 2.28 bits per heavy atom. The molecule has 6 nitrogen and oxygen atoms in total. The molecule has 0 amide bonds. The number of ketones is 1. The monoisotopic (exact) mass is 438 g/mol. The standard InChI is InChI=1S/C26H30O6/c1-14(2)6-8-16-10-18(20(28)11-19(16)27)24-13-22(30)25-21(29)12-23(31-5)17(26(25)32-24)9-7-15(3)4/h6-7,10-12,24,27-29H,8-9,13H2,1-5H3/t24-/m1/s1. The summed E-state index contributed by atoms with van der Waals surface area (Å²) < 4.78 is 11.7. The Balaban J connectivity index is 2.10. The molecule has 1 atom stereocenters. The van der Waals surface area contributed by atoms with Crippen molar-refractivity contribution in [3.8, 4) is 28.7 Å². The van der Waals surface area contributed by atoms with E-state index in [1.54, 1.807) is 6.07 Å². The number of fused-ring (bicyclic) bond motifs is 1. The highest BCUT2D eigenvalue weighted by Gasteiger charge is 2.35. The summed E-state index contributed by atoms with van der Waals surface area (Å²) in [5, 5.41) is 31.3. The van der Waals surface area contributed by atoms with Crippen LogP contribution < -0.4 is 9.47 Å². The zero-order valence-corrected chi connectivity index (χ0v) is 19.2. The van der Waals surface area contributed by atoms with Gasteiger partial charge in [0.05, 0.1) is 13.5 Å². The van der Waals surface area contributed by atoms with Crippen LogP contribution in [0, 0.1) is 0 Å². The highest BCUT2D eigenvalue weighted by Crippen LogP contribution is 2.47. The van der Waals surface area contributed by atoms with E-state index in [1.165, 1.54) is 19.2 Å². The average Bonchev–Trinajstić information content (AvgIpc) is 2.71. The van der Waals surface area contributed by atoms with Gasteiger partial charge in [0.25, 0.3) is 0 Å². The van der Waals surface area contributed by atoms with Crippen LogP contribution in [0.3, 0.4) is 0 Å². The molecule has 0 saturated heterocycles. The Morgan fingerprint density at radius 2 is 1.66 bits per heavy atom. The summed E-state index contributed by atoms with van der Waals surface area (Å²) in [6, 6.07) is 4.38. The summed E-state index contributed by atoms with van der Waals surface area (Å²) in [6.45, 7) is 7.87. The van der Waals surface area contributed by atoms with Crippen molar-refractivity contribution in [2.45, 2.75) is 53.1 Å². The zero-order valence-electron chi connectivity index (χ0n) is 19.2. The fraction of sp³-hybridized carbons (Fsp3) is 0.346. The summed E-state index contributed by atoms with van der Waals surface area (Å²) in [7, 11) is 1.50. The number of aromatic hydroxyl groups is 3.